The van der Waals surface area contributed by atoms with Gasteiger partial charge in [0.05, 0.1) is 26.2 Å². The molecule has 0 rings (SSSR count). The monoisotopic (exact) mass is 509 g/mol. The maximum Gasteiger partial charge on any atom is 0.150 e. The standard InChI is InChI=1S/C14H40ClN19/c15-1-2-32(7-11(24-16)25-17)3-4-33(8-12(26-18)27-19)5-6-34(9-13(28-20)29-21)10-14(30-22)31-23/h1-10,16-23H2,(H,24,25)(H,26,27)(H,28,29)(H,30,31). The summed E-state index contributed by atoms with van der Waals surface area (Å²) in [5, 5.41) is 14.5. The van der Waals surface area contributed by atoms with Crippen molar-refractivity contribution in [3.63, 3.8) is 0 Å². The Bertz CT molecular complexity index is 629. The average Bonchev–Trinajstić information content (AvgIpc) is 2.87. The van der Waals surface area contributed by atoms with Crippen molar-refractivity contribution >= 4 is 34.9 Å². The first kappa shape index (κ1) is 31.1. The van der Waals surface area contributed by atoms with Crippen LogP contribution in [-0.4, -0.2) is 103 Å². The molecular formula is C14H40ClN19. The molecular weight excluding hydrogens is 470 g/mol. The first-order chi connectivity index (χ1) is 16.4. The lowest BCUT2D eigenvalue weighted by Crippen LogP contribution is -2.51. The molecule has 20 N–H and O–H groups in total. The molecule has 0 aliphatic carbocycles. The summed E-state index contributed by atoms with van der Waals surface area (Å²) < 4.78 is 0. The number of nitrogens with one attached hydrogen (secondary N) is 4. The SMILES string of the molecule is N/N=C(/CN(CCCl)CCN(CCN(C/C(=N/N)NN)C/C(=N/N)NN)C/C(=N/N)NN)NN. The van der Waals surface area contributed by atoms with Crippen LogP contribution in [0.2, 0.25) is 0 Å². The van der Waals surface area contributed by atoms with E-state index >= 15 is 0 Å². The summed E-state index contributed by atoms with van der Waals surface area (Å²) >= 11 is 5.94. The Balaban J connectivity index is 5.43. The number of hydrogen-bond donors (Lipinski definition) is 12. The largest absolute Gasteiger partial charge is 0.321 e. The first-order valence-electron chi connectivity index (χ1n) is 10.1. The van der Waals surface area contributed by atoms with E-state index in [0.29, 0.717) is 75.0 Å². The van der Waals surface area contributed by atoms with Gasteiger partial charge in [0.15, 0.2) is 0 Å². The number of hydrogen-bond acceptors (Lipinski definition) is 15. The van der Waals surface area contributed by atoms with Crippen molar-refractivity contribution in [2.75, 3.05) is 64.8 Å². The van der Waals surface area contributed by atoms with Gasteiger partial charge in [-0.25, -0.2) is 23.4 Å². The third kappa shape index (κ3) is 13.0. The summed E-state index contributed by atoms with van der Waals surface area (Å²) in [6, 6.07) is 0. The molecule has 34 heavy (non-hydrogen) atoms. The van der Waals surface area contributed by atoms with Gasteiger partial charge < -0.3 is 45.1 Å². The molecule has 0 spiro atoms. The summed E-state index contributed by atoms with van der Waals surface area (Å²) in [6.07, 6.45) is 0. The third-order valence-electron chi connectivity index (χ3n) is 4.65. The van der Waals surface area contributed by atoms with Crippen LogP contribution in [0.1, 0.15) is 0 Å². The zero-order valence-electron chi connectivity index (χ0n) is 19.2. The fourth-order valence-corrected chi connectivity index (χ4v) is 3.02. The average molecular weight is 510 g/mol. The predicted molar refractivity (Wildman–Crippen MR) is 136 cm³/mol. The number of hydrazone groups is 4. The highest BCUT2D eigenvalue weighted by Crippen LogP contribution is 1.98. The van der Waals surface area contributed by atoms with Gasteiger partial charge in [-0.2, -0.15) is 20.4 Å². The Labute approximate surface area is 203 Å². The molecule has 19 nitrogen and oxygen atoms in total. The summed E-state index contributed by atoms with van der Waals surface area (Å²) in [7, 11) is 0. The maximum absolute atomic E-state index is 5.94. The Kier molecular flexibility index (Phi) is 17.9. The molecule has 0 amide bonds. The zero-order valence-corrected chi connectivity index (χ0v) is 20.0. The second-order valence-electron chi connectivity index (χ2n) is 6.83. The molecule has 0 atom stereocenters. The Morgan fingerprint density at radius 1 is 0.500 bits per heavy atom. The van der Waals surface area contributed by atoms with Crippen molar-refractivity contribution in [2.24, 2.45) is 67.1 Å². The van der Waals surface area contributed by atoms with E-state index in [1.807, 2.05) is 9.80 Å². The quantitative estimate of drug-likeness (QED) is 0.0302. The predicted octanol–water partition coefficient (Wildman–Crippen LogP) is -6.93. The van der Waals surface area contributed by atoms with Crippen molar-refractivity contribution in [1.29, 1.82) is 0 Å². The van der Waals surface area contributed by atoms with E-state index in [0.717, 1.165) is 0 Å². The highest BCUT2D eigenvalue weighted by atomic mass is 35.5. The van der Waals surface area contributed by atoms with Crippen LogP contribution in [0.3, 0.4) is 0 Å². The molecule has 0 aromatic carbocycles. The fraction of sp³-hybridized carbons (Fsp3) is 0.714. The van der Waals surface area contributed by atoms with Gasteiger partial charge in [0.2, 0.25) is 0 Å². The van der Waals surface area contributed by atoms with Crippen LogP contribution in [0.4, 0.5) is 0 Å². The second kappa shape index (κ2) is 19.5. The van der Waals surface area contributed by atoms with Gasteiger partial charge in [0.25, 0.3) is 0 Å². The van der Waals surface area contributed by atoms with Crippen LogP contribution in [-0.2, 0) is 0 Å². The Morgan fingerprint density at radius 3 is 1.03 bits per heavy atom. The number of alkyl halides is 1. The molecule has 0 saturated carbocycles. The van der Waals surface area contributed by atoms with Crippen LogP contribution in [0, 0.1) is 0 Å². The van der Waals surface area contributed by atoms with Gasteiger partial charge in [0.1, 0.15) is 23.3 Å². The van der Waals surface area contributed by atoms with Crippen molar-refractivity contribution in [1.82, 2.24) is 36.4 Å². The Morgan fingerprint density at radius 2 is 0.765 bits per heavy atom. The van der Waals surface area contributed by atoms with Crippen molar-refractivity contribution in [3.8, 4) is 0 Å². The molecule has 198 valence electrons. The normalized spacial score (nSPS) is 13.6. The highest BCUT2D eigenvalue weighted by Gasteiger charge is 2.17. The summed E-state index contributed by atoms with van der Waals surface area (Å²) in [4.78, 5) is 6.03. The van der Waals surface area contributed by atoms with E-state index in [-0.39, 0.29) is 13.1 Å². The van der Waals surface area contributed by atoms with Gasteiger partial charge in [-0.15, -0.1) is 11.6 Å². The van der Waals surface area contributed by atoms with Crippen LogP contribution in [0.15, 0.2) is 20.4 Å². The molecule has 0 aromatic rings. The van der Waals surface area contributed by atoms with Crippen LogP contribution in [0.25, 0.3) is 0 Å². The molecule has 0 fully saturated rings. The van der Waals surface area contributed by atoms with Gasteiger partial charge in [0, 0.05) is 38.6 Å². The fourth-order valence-electron chi connectivity index (χ4n) is 2.78. The molecule has 0 bridgehead atoms. The smallest absolute Gasteiger partial charge is 0.150 e. The minimum Gasteiger partial charge on any atom is -0.321 e. The van der Waals surface area contributed by atoms with E-state index in [1.165, 1.54) is 0 Å². The van der Waals surface area contributed by atoms with E-state index in [9.17, 15) is 0 Å². The molecule has 0 aliphatic heterocycles. The molecule has 0 radical (unpaired) electrons. The maximum atomic E-state index is 5.94. The lowest BCUT2D eigenvalue weighted by atomic mass is 10.3. The van der Waals surface area contributed by atoms with Crippen LogP contribution >= 0.6 is 11.6 Å². The number of rotatable bonds is 16. The van der Waals surface area contributed by atoms with Crippen molar-refractivity contribution < 1.29 is 0 Å². The van der Waals surface area contributed by atoms with Gasteiger partial charge in [-0.05, 0) is 0 Å². The molecule has 0 aliphatic rings. The highest BCUT2D eigenvalue weighted by molar-refractivity contribution is 6.18. The summed E-state index contributed by atoms with van der Waals surface area (Å²) in [6.45, 7) is 4.16. The third-order valence-corrected chi connectivity index (χ3v) is 4.82. The van der Waals surface area contributed by atoms with Crippen LogP contribution < -0.4 is 68.4 Å². The summed E-state index contributed by atoms with van der Waals surface area (Å²) in [5.74, 6) is 45.3. The van der Waals surface area contributed by atoms with E-state index in [2.05, 4.69) is 47.0 Å². The minimum atomic E-state index is 0.283. The second-order valence-corrected chi connectivity index (χ2v) is 7.21. The minimum absolute atomic E-state index is 0.283. The molecule has 0 saturated heterocycles. The Hall–Kier alpha value is -2.91. The van der Waals surface area contributed by atoms with Gasteiger partial charge >= 0.3 is 0 Å². The molecule has 0 unspecified atom stereocenters. The van der Waals surface area contributed by atoms with Gasteiger partial charge in [-0.1, -0.05) is 0 Å². The van der Waals surface area contributed by atoms with E-state index < -0.39 is 0 Å². The molecule has 0 aromatic heterocycles. The molecule has 20 heteroatoms. The van der Waals surface area contributed by atoms with Crippen molar-refractivity contribution in [3.05, 3.63) is 0 Å². The van der Waals surface area contributed by atoms with E-state index in [4.69, 9.17) is 58.3 Å². The number of nitrogens with two attached hydrogens (primary N) is 8. The number of halogens is 1. The van der Waals surface area contributed by atoms with Crippen molar-refractivity contribution in [2.45, 2.75) is 0 Å². The van der Waals surface area contributed by atoms with Gasteiger partial charge in [-0.3, -0.25) is 14.7 Å². The number of amidine groups is 4. The van der Waals surface area contributed by atoms with E-state index in [1.54, 1.807) is 0 Å². The van der Waals surface area contributed by atoms with Crippen LogP contribution in [0.5, 0.6) is 0 Å². The summed E-state index contributed by atoms with van der Waals surface area (Å²) in [5.41, 5.74) is 9.82. The molecule has 0 heterocycles. The number of hydrazine groups is 4. The topological polar surface area (TPSA) is 315 Å². The number of nitrogens with zero attached hydrogens (tertiary/aromatic N) is 7. The zero-order chi connectivity index (χ0) is 25.8. The lowest BCUT2D eigenvalue weighted by Gasteiger charge is -2.30. The lowest BCUT2D eigenvalue weighted by molar-refractivity contribution is 0.214. The first-order valence-corrected chi connectivity index (χ1v) is 10.6.